The molecule has 0 radical (unpaired) electrons. The van der Waals surface area contributed by atoms with Crippen molar-refractivity contribution in [1.82, 2.24) is 15.2 Å². The lowest BCUT2D eigenvalue weighted by Gasteiger charge is -2.28. The van der Waals surface area contributed by atoms with Crippen molar-refractivity contribution in [2.45, 2.75) is 26.1 Å². The third kappa shape index (κ3) is 6.83. The Morgan fingerprint density at radius 2 is 1.77 bits per heavy atom. The van der Waals surface area contributed by atoms with E-state index in [-0.39, 0.29) is 25.0 Å². The van der Waals surface area contributed by atoms with Gasteiger partial charge in [0.05, 0.1) is 0 Å². The largest absolute Gasteiger partial charge is 0.484 e. The maximum absolute atomic E-state index is 13.0. The Hall–Kier alpha value is -3.38. The van der Waals surface area contributed by atoms with Gasteiger partial charge in [-0.05, 0) is 48.4 Å². The maximum Gasteiger partial charge on any atom is 0.261 e. The molecule has 0 aliphatic heterocycles. The second-order valence-corrected chi connectivity index (χ2v) is 7.44. The van der Waals surface area contributed by atoms with Gasteiger partial charge in [-0.3, -0.25) is 14.6 Å². The van der Waals surface area contributed by atoms with E-state index >= 15 is 0 Å². The zero-order chi connectivity index (χ0) is 22.1. The maximum atomic E-state index is 13.0. The Bertz CT molecular complexity index is 982. The van der Waals surface area contributed by atoms with Gasteiger partial charge in [0.25, 0.3) is 5.91 Å². The van der Waals surface area contributed by atoms with Crippen molar-refractivity contribution in [3.63, 3.8) is 0 Å². The Morgan fingerprint density at radius 3 is 2.45 bits per heavy atom. The SMILES string of the molecule is CC(C(=O)NCc1cccnc1)N(Cc1ccc(Cl)cc1)C(=O)COc1ccccc1. The average molecular weight is 438 g/mol. The van der Waals surface area contributed by atoms with Crippen LogP contribution >= 0.6 is 11.6 Å². The lowest BCUT2D eigenvalue weighted by molar-refractivity contribution is -0.142. The molecule has 3 aromatic rings. The molecule has 31 heavy (non-hydrogen) atoms. The number of hydrogen-bond acceptors (Lipinski definition) is 4. The summed E-state index contributed by atoms with van der Waals surface area (Å²) in [5, 5.41) is 3.48. The summed E-state index contributed by atoms with van der Waals surface area (Å²) in [6.07, 6.45) is 3.36. The molecule has 1 aromatic heterocycles. The first-order valence-corrected chi connectivity index (χ1v) is 10.3. The molecule has 1 atom stereocenters. The van der Waals surface area contributed by atoms with Crippen LogP contribution in [0.5, 0.6) is 5.75 Å². The van der Waals surface area contributed by atoms with Gasteiger partial charge >= 0.3 is 0 Å². The molecule has 1 N–H and O–H groups in total. The molecule has 0 saturated heterocycles. The van der Waals surface area contributed by atoms with Crippen LogP contribution in [0, 0.1) is 0 Å². The van der Waals surface area contributed by atoms with Crippen molar-refractivity contribution < 1.29 is 14.3 Å². The standard InChI is InChI=1S/C24H24ClN3O3/c1-18(24(30)27-15-20-6-5-13-26-14-20)28(16-19-9-11-21(25)12-10-19)23(29)17-31-22-7-3-2-4-8-22/h2-14,18H,15-17H2,1H3,(H,27,30). The number of pyridine rings is 1. The van der Waals surface area contributed by atoms with Crippen LogP contribution in [0.1, 0.15) is 18.1 Å². The number of amides is 2. The minimum atomic E-state index is -0.695. The Balaban J connectivity index is 1.69. The molecule has 0 bridgehead atoms. The van der Waals surface area contributed by atoms with Crippen LogP contribution in [0.4, 0.5) is 0 Å². The predicted molar refractivity (Wildman–Crippen MR) is 119 cm³/mol. The van der Waals surface area contributed by atoms with Crippen LogP contribution in [0.3, 0.4) is 0 Å². The van der Waals surface area contributed by atoms with Crippen LogP contribution in [0.2, 0.25) is 5.02 Å². The van der Waals surface area contributed by atoms with Gasteiger partial charge in [0.2, 0.25) is 5.91 Å². The van der Waals surface area contributed by atoms with E-state index in [0.29, 0.717) is 17.3 Å². The number of aromatic nitrogens is 1. The summed E-state index contributed by atoms with van der Waals surface area (Å²) in [6.45, 7) is 2.13. The fraction of sp³-hybridized carbons (Fsp3) is 0.208. The van der Waals surface area contributed by atoms with Gasteiger partial charge in [-0.2, -0.15) is 0 Å². The van der Waals surface area contributed by atoms with Gasteiger partial charge in [0.1, 0.15) is 11.8 Å². The number of nitrogens with one attached hydrogen (secondary N) is 1. The molecule has 1 unspecified atom stereocenters. The van der Waals surface area contributed by atoms with Crippen LogP contribution in [0.15, 0.2) is 79.1 Å². The minimum Gasteiger partial charge on any atom is -0.484 e. The van der Waals surface area contributed by atoms with Crippen LogP contribution in [-0.4, -0.2) is 34.3 Å². The Labute approximate surface area is 186 Å². The lowest BCUT2D eigenvalue weighted by Crippen LogP contribution is -2.48. The smallest absolute Gasteiger partial charge is 0.261 e. The number of hydrogen-bond donors (Lipinski definition) is 1. The molecule has 0 spiro atoms. The summed E-state index contributed by atoms with van der Waals surface area (Å²) < 4.78 is 5.61. The van der Waals surface area contributed by atoms with Crippen molar-refractivity contribution in [2.24, 2.45) is 0 Å². The number of nitrogens with zero attached hydrogens (tertiary/aromatic N) is 2. The highest BCUT2D eigenvalue weighted by Gasteiger charge is 2.26. The summed E-state index contributed by atoms with van der Waals surface area (Å²) >= 11 is 5.97. The number of rotatable bonds is 9. The molecule has 2 aromatic carbocycles. The van der Waals surface area contributed by atoms with E-state index < -0.39 is 6.04 Å². The fourth-order valence-electron chi connectivity index (χ4n) is 2.95. The number of carbonyl (C=O) groups excluding carboxylic acids is 2. The second kappa shape index (κ2) is 11.1. The first kappa shape index (κ1) is 22.3. The first-order valence-electron chi connectivity index (χ1n) is 9.91. The zero-order valence-corrected chi connectivity index (χ0v) is 18.0. The summed E-state index contributed by atoms with van der Waals surface area (Å²) in [5.41, 5.74) is 1.75. The number of carbonyl (C=O) groups is 2. The molecular formula is C24H24ClN3O3. The third-order valence-electron chi connectivity index (χ3n) is 4.73. The van der Waals surface area contributed by atoms with Crippen molar-refractivity contribution in [3.05, 3.63) is 95.3 Å². The van der Waals surface area contributed by atoms with Gasteiger partial charge in [-0.1, -0.05) is 48.0 Å². The van der Waals surface area contributed by atoms with E-state index in [2.05, 4.69) is 10.3 Å². The molecule has 0 fully saturated rings. The minimum absolute atomic E-state index is 0.169. The Kier molecular flexibility index (Phi) is 8.01. The van der Waals surface area contributed by atoms with Crippen molar-refractivity contribution in [3.8, 4) is 5.75 Å². The van der Waals surface area contributed by atoms with Gasteiger partial charge < -0.3 is 15.0 Å². The predicted octanol–water partition coefficient (Wildman–Crippen LogP) is 3.85. The molecule has 6 nitrogen and oxygen atoms in total. The molecule has 0 aliphatic carbocycles. The topological polar surface area (TPSA) is 71.5 Å². The highest BCUT2D eigenvalue weighted by Crippen LogP contribution is 2.15. The molecule has 160 valence electrons. The van der Waals surface area contributed by atoms with Crippen LogP contribution < -0.4 is 10.1 Å². The Morgan fingerprint density at radius 1 is 1.03 bits per heavy atom. The van der Waals surface area contributed by atoms with E-state index in [4.69, 9.17) is 16.3 Å². The van der Waals surface area contributed by atoms with Crippen molar-refractivity contribution >= 4 is 23.4 Å². The fourth-order valence-corrected chi connectivity index (χ4v) is 3.08. The zero-order valence-electron chi connectivity index (χ0n) is 17.2. The van der Waals surface area contributed by atoms with Crippen molar-refractivity contribution in [1.29, 1.82) is 0 Å². The van der Waals surface area contributed by atoms with Crippen LogP contribution in [0.25, 0.3) is 0 Å². The van der Waals surface area contributed by atoms with E-state index in [1.165, 1.54) is 4.90 Å². The number of ether oxygens (including phenoxy) is 1. The molecule has 7 heteroatoms. The highest BCUT2D eigenvalue weighted by molar-refractivity contribution is 6.30. The molecule has 3 rings (SSSR count). The van der Waals surface area contributed by atoms with Gasteiger partial charge in [0.15, 0.2) is 6.61 Å². The molecule has 2 amide bonds. The quantitative estimate of drug-likeness (QED) is 0.552. The number of para-hydroxylation sites is 1. The second-order valence-electron chi connectivity index (χ2n) is 7.00. The normalized spacial score (nSPS) is 11.4. The third-order valence-corrected chi connectivity index (χ3v) is 4.98. The summed E-state index contributed by atoms with van der Waals surface area (Å²) in [4.78, 5) is 31.3. The van der Waals surface area contributed by atoms with E-state index in [1.54, 1.807) is 43.6 Å². The monoisotopic (exact) mass is 437 g/mol. The van der Waals surface area contributed by atoms with E-state index in [1.807, 2.05) is 42.5 Å². The molecule has 0 aliphatic rings. The average Bonchev–Trinajstić information content (AvgIpc) is 2.81. The van der Waals surface area contributed by atoms with E-state index in [0.717, 1.165) is 11.1 Å². The van der Waals surface area contributed by atoms with Crippen molar-refractivity contribution in [2.75, 3.05) is 6.61 Å². The molecule has 0 saturated carbocycles. The number of halogens is 1. The van der Waals surface area contributed by atoms with Crippen LogP contribution in [-0.2, 0) is 22.7 Å². The van der Waals surface area contributed by atoms with E-state index in [9.17, 15) is 9.59 Å². The summed E-state index contributed by atoms with van der Waals surface area (Å²) in [6, 6.07) is 19.3. The number of benzene rings is 2. The van der Waals surface area contributed by atoms with Gasteiger partial charge in [-0.25, -0.2) is 0 Å². The summed E-state index contributed by atoms with van der Waals surface area (Å²) in [5.74, 6) is 0.0460. The molecule has 1 heterocycles. The van der Waals surface area contributed by atoms with Gasteiger partial charge in [-0.15, -0.1) is 0 Å². The lowest BCUT2D eigenvalue weighted by atomic mass is 10.1. The first-order chi connectivity index (χ1) is 15.0. The molecular weight excluding hydrogens is 414 g/mol. The summed E-state index contributed by atoms with van der Waals surface area (Å²) in [7, 11) is 0. The van der Waals surface area contributed by atoms with Gasteiger partial charge in [0, 0.05) is 30.5 Å². The highest BCUT2D eigenvalue weighted by atomic mass is 35.5.